The molecule has 1 fully saturated rings. The SMILES string of the molecule is CC1(C)COCCC1n1c(=O)[nH]c2cnc3ccc(Br)cc3c21. The zero-order chi connectivity index (χ0) is 16.2. The van der Waals surface area contributed by atoms with Crippen LogP contribution in [0.2, 0.25) is 0 Å². The average Bonchev–Trinajstić information content (AvgIpc) is 2.83. The van der Waals surface area contributed by atoms with Crippen LogP contribution in [0.15, 0.2) is 33.7 Å². The fourth-order valence-electron chi connectivity index (χ4n) is 3.57. The highest BCUT2D eigenvalue weighted by molar-refractivity contribution is 9.10. The van der Waals surface area contributed by atoms with E-state index in [0.29, 0.717) is 13.2 Å². The number of fused-ring (bicyclic) bond motifs is 3. The molecule has 0 bridgehead atoms. The first-order valence-electron chi connectivity index (χ1n) is 7.73. The number of halogens is 1. The number of hydrogen-bond acceptors (Lipinski definition) is 3. The van der Waals surface area contributed by atoms with E-state index in [2.05, 4.69) is 39.7 Å². The minimum Gasteiger partial charge on any atom is -0.381 e. The number of nitrogens with zero attached hydrogens (tertiary/aromatic N) is 2. The number of imidazole rings is 1. The summed E-state index contributed by atoms with van der Waals surface area (Å²) in [5.41, 5.74) is 2.43. The Labute approximate surface area is 141 Å². The first-order chi connectivity index (χ1) is 11.0. The summed E-state index contributed by atoms with van der Waals surface area (Å²) in [6.45, 7) is 5.65. The normalized spacial score (nSPS) is 21.1. The molecule has 2 aromatic heterocycles. The van der Waals surface area contributed by atoms with Gasteiger partial charge in [-0.1, -0.05) is 29.8 Å². The van der Waals surface area contributed by atoms with Crippen LogP contribution >= 0.6 is 15.9 Å². The van der Waals surface area contributed by atoms with Gasteiger partial charge in [0.25, 0.3) is 0 Å². The quantitative estimate of drug-likeness (QED) is 0.706. The smallest absolute Gasteiger partial charge is 0.326 e. The van der Waals surface area contributed by atoms with E-state index in [1.54, 1.807) is 6.20 Å². The molecule has 1 aliphatic heterocycles. The first kappa shape index (κ1) is 14.9. The standard InChI is InChI=1S/C17H18BrN3O2/c1-17(2)9-23-6-5-14(17)21-15-11-7-10(18)3-4-12(11)19-8-13(15)20-16(21)22/h3-4,7-8,14H,5-6,9H2,1-2H3,(H,20,22). The Morgan fingerprint density at radius 1 is 1.43 bits per heavy atom. The van der Waals surface area contributed by atoms with Crippen molar-refractivity contribution in [2.75, 3.05) is 13.2 Å². The second-order valence-electron chi connectivity index (χ2n) is 6.83. The number of aromatic amines is 1. The van der Waals surface area contributed by atoms with Crippen LogP contribution in [0.25, 0.3) is 21.9 Å². The number of aromatic nitrogens is 3. The molecule has 0 saturated carbocycles. The van der Waals surface area contributed by atoms with Crippen LogP contribution in [0.3, 0.4) is 0 Å². The second-order valence-corrected chi connectivity index (χ2v) is 7.74. The summed E-state index contributed by atoms with van der Waals surface area (Å²) in [5, 5.41) is 0.984. The van der Waals surface area contributed by atoms with Gasteiger partial charge < -0.3 is 9.72 Å². The van der Waals surface area contributed by atoms with Crippen molar-refractivity contribution in [3.63, 3.8) is 0 Å². The number of nitrogens with one attached hydrogen (secondary N) is 1. The molecule has 3 aromatic rings. The molecule has 1 N–H and O–H groups in total. The number of H-pyrrole nitrogens is 1. The van der Waals surface area contributed by atoms with E-state index >= 15 is 0 Å². The maximum absolute atomic E-state index is 12.7. The molecule has 3 heterocycles. The molecule has 1 aromatic carbocycles. The lowest BCUT2D eigenvalue weighted by Crippen LogP contribution is -2.40. The monoisotopic (exact) mass is 375 g/mol. The number of ether oxygens (including phenoxy) is 1. The minimum atomic E-state index is -0.0984. The van der Waals surface area contributed by atoms with E-state index in [0.717, 1.165) is 32.8 Å². The Morgan fingerprint density at radius 2 is 2.26 bits per heavy atom. The van der Waals surface area contributed by atoms with Crippen molar-refractivity contribution in [3.8, 4) is 0 Å². The topological polar surface area (TPSA) is 59.9 Å². The summed E-state index contributed by atoms with van der Waals surface area (Å²) < 4.78 is 8.51. The van der Waals surface area contributed by atoms with Gasteiger partial charge in [-0.25, -0.2) is 4.79 Å². The summed E-state index contributed by atoms with van der Waals surface area (Å²) in [4.78, 5) is 20.1. The Bertz CT molecular complexity index is 958. The summed E-state index contributed by atoms with van der Waals surface area (Å²) >= 11 is 3.52. The fraction of sp³-hybridized carbons (Fsp3) is 0.412. The molecule has 0 radical (unpaired) electrons. The lowest BCUT2D eigenvalue weighted by molar-refractivity contribution is -0.0251. The lowest BCUT2D eigenvalue weighted by Gasteiger charge is -2.39. The van der Waals surface area contributed by atoms with E-state index in [-0.39, 0.29) is 17.1 Å². The number of benzene rings is 1. The first-order valence-corrected chi connectivity index (χ1v) is 8.53. The van der Waals surface area contributed by atoms with Crippen LogP contribution in [0, 0.1) is 5.41 Å². The van der Waals surface area contributed by atoms with Gasteiger partial charge >= 0.3 is 5.69 Å². The van der Waals surface area contributed by atoms with E-state index < -0.39 is 0 Å². The lowest BCUT2D eigenvalue weighted by atomic mass is 9.81. The van der Waals surface area contributed by atoms with Gasteiger partial charge in [-0.2, -0.15) is 0 Å². The van der Waals surface area contributed by atoms with Crippen molar-refractivity contribution in [3.05, 3.63) is 39.4 Å². The molecule has 0 spiro atoms. The Hall–Kier alpha value is -1.66. The minimum absolute atomic E-state index is 0.0748. The molecule has 0 amide bonds. The molecule has 120 valence electrons. The van der Waals surface area contributed by atoms with Crippen LogP contribution in [0.4, 0.5) is 0 Å². The summed E-state index contributed by atoms with van der Waals surface area (Å²) in [6.07, 6.45) is 2.58. The van der Waals surface area contributed by atoms with Gasteiger partial charge in [0.05, 0.1) is 29.4 Å². The highest BCUT2D eigenvalue weighted by atomic mass is 79.9. The number of hydrogen-bond donors (Lipinski definition) is 1. The van der Waals surface area contributed by atoms with Crippen LogP contribution in [-0.4, -0.2) is 27.7 Å². The highest BCUT2D eigenvalue weighted by Crippen LogP contribution is 2.39. The van der Waals surface area contributed by atoms with Gasteiger partial charge in [0.1, 0.15) is 0 Å². The molecule has 5 nitrogen and oxygen atoms in total. The van der Waals surface area contributed by atoms with Crippen molar-refractivity contribution in [2.24, 2.45) is 5.41 Å². The van der Waals surface area contributed by atoms with Crippen molar-refractivity contribution in [1.82, 2.24) is 14.5 Å². The van der Waals surface area contributed by atoms with Gasteiger partial charge in [-0.3, -0.25) is 9.55 Å². The summed E-state index contributed by atoms with van der Waals surface area (Å²) in [5.74, 6) is 0. The molecule has 4 rings (SSSR count). The van der Waals surface area contributed by atoms with E-state index in [1.165, 1.54) is 0 Å². The third kappa shape index (κ3) is 2.32. The Kier molecular flexibility index (Phi) is 3.35. The number of pyridine rings is 1. The number of rotatable bonds is 1. The molecule has 1 aliphatic rings. The summed E-state index contributed by atoms with van der Waals surface area (Å²) in [7, 11) is 0. The van der Waals surface area contributed by atoms with Crippen LogP contribution in [0.5, 0.6) is 0 Å². The van der Waals surface area contributed by atoms with Crippen molar-refractivity contribution < 1.29 is 4.74 Å². The molecule has 1 unspecified atom stereocenters. The van der Waals surface area contributed by atoms with Crippen molar-refractivity contribution in [2.45, 2.75) is 26.3 Å². The van der Waals surface area contributed by atoms with E-state index in [1.807, 2.05) is 22.8 Å². The zero-order valence-corrected chi connectivity index (χ0v) is 14.7. The molecule has 1 saturated heterocycles. The molecule has 1 atom stereocenters. The Morgan fingerprint density at radius 3 is 3.04 bits per heavy atom. The van der Waals surface area contributed by atoms with Crippen molar-refractivity contribution >= 4 is 37.9 Å². The van der Waals surface area contributed by atoms with Crippen LogP contribution in [0.1, 0.15) is 26.3 Å². The van der Waals surface area contributed by atoms with Crippen LogP contribution < -0.4 is 5.69 Å². The third-order valence-electron chi connectivity index (χ3n) is 4.73. The predicted molar refractivity (Wildman–Crippen MR) is 93.8 cm³/mol. The Balaban J connectivity index is 2.08. The van der Waals surface area contributed by atoms with E-state index in [4.69, 9.17) is 4.74 Å². The van der Waals surface area contributed by atoms with Gasteiger partial charge in [-0.15, -0.1) is 0 Å². The van der Waals surface area contributed by atoms with Crippen molar-refractivity contribution in [1.29, 1.82) is 0 Å². The van der Waals surface area contributed by atoms with Gasteiger partial charge in [-0.05, 0) is 24.6 Å². The maximum atomic E-state index is 12.7. The predicted octanol–water partition coefficient (Wildman–Crippen LogP) is 3.63. The highest BCUT2D eigenvalue weighted by Gasteiger charge is 2.36. The molecular formula is C17H18BrN3O2. The summed E-state index contributed by atoms with van der Waals surface area (Å²) in [6, 6.07) is 6.06. The maximum Gasteiger partial charge on any atom is 0.326 e. The molecule has 23 heavy (non-hydrogen) atoms. The third-order valence-corrected chi connectivity index (χ3v) is 5.22. The van der Waals surface area contributed by atoms with Crippen LogP contribution in [-0.2, 0) is 4.74 Å². The molecular weight excluding hydrogens is 358 g/mol. The van der Waals surface area contributed by atoms with Gasteiger partial charge in [0, 0.05) is 27.9 Å². The molecule has 6 heteroatoms. The zero-order valence-electron chi connectivity index (χ0n) is 13.1. The second kappa shape index (κ2) is 5.18. The fourth-order valence-corrected chi connectivity index (χ4v) is 3.93. The molecule has 0 aliphatic carbocycles. The largest absolute Gasteiger partial charge is 0.381 e. The van der Waals surface area contributed by atoms with E-state index in [9.17, 15) is 4.79 Å². The average molecular weight is 376 g/mol. The van der Waals surface area contributed by atoms with Gasteiger partial charge in [0.15, 0.2) is 0 Å². The van der Waals surface area contributed by atoms with Gasteiger partial charge in [0.2, 0.25) is 0 Å².